The topological polar surface area (TPSA) is 72.6 Å². The molecule has 5 nitrogen and oxygen atoms in total. The smallest absolute Gasteiger partial charge is 0.147 e. The average Bonchev–Trinajstić information content (AvgIpc) is 3.65. The van der Waals surface area contributed by atoms with Crippen LogP contribution in [0.1, 0.15) is 60.0 Å². The number of halogens is 3. The Hall–Kier alpha value is -2.13. The Kier molecular flexibility index (Phi) is 7.43. The highest BCUT2D eigenvalue weighted by atomic mass is 35.5. The van der Waals surface area contributed by atoms with Crippen molar-refractivity contribution in [3.05, 3.63) is 98.2 Å². The van der Waals surface area contributed by atoms with E-state index >= 15 is 0 Å². The molecule has 3 aromatic carbocycles. The average molecular weight is 635 g/mol. The van der Waals surface area contributed by atoms with Crippen LogP contribution in [0.25, 0.3) is 11.3 Å². The second kappa shape index (κ2) is 10.6. The van der Waals surface area contributed by atoms with E-state index in [9.17, 15) is 9.32 Å². The van der Waals surface area contributed by atoms with Gasteiger partial charge in [0.25, 0.3) is 0 Å². The van der Waals surface area contributed by atoms with Gasteiger partial charge >= 0.3 is 0 Å². The van der Waals surface area contributed by atoms with E-state index in [1.165, 1.54) is 0 Å². The molecular weight excluding hydrogens is 609 g/mol. The summed E-state index contributed by atoms with van der Waals surface area (Å²) in [6, 6.07) is 18.2. The van der Waals surface area contributed by atoms with Gasteiger partial charge in [-0.3, -0.25) is 4.21 Å². The fourth-order valence-electron chi connectivity index (χ4n) is 5.38. The zero-order valence-corrected chi connectivity index (χ0v) is 25.4. The molecule has 2 aliphatic rings. The van der Waals surface area contributed by atoms with Crippen LogP contribution < -0.4 is 4.74 Å². The first-order chi connectivity index (χ1) is 19.0. The van der Waals surface area contributed by atoms with E-state index in [0.29, 0.717) is 61.3 Å². The van der Waals surface area contributed by atoms with E-state index in [-0.39, 0.29) is 12.5 Å². The van der Waals surface area contributed by atoms with Crippen molar-refractivity contribution in [2.75, 3.05) is 6.26 Å². The molecule has 0 saturated heterocycles. The van der Waals surface area contributed by atoms with Gasteiger partial charge in [0.15, 0.2) is 0 Å². The summed E-state index contributed by atoms with van der Waals surface area (Å²) in [6.45, 7) is 0.202. The highest BCUT2D eigenvalue weighted by Gasteiger charge is 2.45. The molecule has 1 unspecified atom stereocenters. The van der Waals surface area contributed by atoms with Gasteiger partial charge in [-0.2, -0.15) is 0 Å². The lowest BCUT2D eigenvalue weighted by molar-refractivity contribution is -0.0549. The SMILES string of the molecule is CS(=O)(=S)c1cccc(C2CC(O)(c3ccc(OCc4c(-c5c(Cl)cccc5Cl)noc4C4CC4)cc3Cl)C2)c1. The van der Waals surface area contributed by atoms with Gasteiger partial charge in [-0.25, -0.2) is 0 Å². The van der Waals surface area contributed by atoms with Crippen LogP contribution in [-0.2, 0) is 31.9 Å². The zero-order valence-electron chi connectivity index (χ0n) is 21.5. The number of ether oxygens (including phenoxy) is 1. The van der Waals surface area contributed by atoms with Crippen molar-refractivity contribution < 1.29 is 18.6 Å². The maximum absolute atomic E-state index is 12.3. The van der Waals surface area contributed by atoms with Crippen LogP contribution in [0.3, 0.4) is 0 Å². The van der Waals surface area contributed by atoms with Crippen LogP contribution in [0.4, 0.5) is 0 Å². The second-order valence-electron chi connectivity index (χ2n) is 10.7. The summed E-state index contributed by atoms with van der Waals surface area (Å²) in [6.07, 6.45) is 4.64. The second-order valence-corrected chi connectivity index (χ2v) is 15.8. The highest BCUT2D eigenvalue weighted by Crippen LogP contribution is 2.53. The maximum atomic E-state index is 12.3. The fourth-order valence-corrected chi connectivity index (χ4v) is 7.29. The summed E-state index contributed by atoms with van der Waals surface area (Å²) in [4.78, 5) is 0.646. The first-order valence-electron chi connectivity index (χ1n) is 12.9. The number of aliphatic hydroxyl groups is 1. The zero-order chi connectivity index (χ0) is 28.2. The minimum Gasteiger partial charge on any atom is -0.489 e. The summed E-state index contributed by atoms with van der Waals surface area (Å²) < 4.78 is 24.2. The normalized spacial score (nSPS) is 22.0. The summed E-state index contributed by atoms with van der Waals surface area (Å²) >= 11 is 24.8. The number of aromatic nitrogens is 1. The van der Waals surface area contributed by atoms with E-state index in [2.05, 4.69) is 5.16 Å². The molecule has 2 fully saturated rings. The Balaban J connectivity index is 1.19. The van der Waals surface area contributed by atoms with Gasteiger partial charge in [0, 0.05) is 28.2 Å². The molecule has 1 heterocycles. The summed E-state index contributed by atoms with van der Waals surface area (Å²) in [5.74, 6) is 1.78. The molecule has 2 aliphatic carbocycles. The maximum Gasteiger partial charge on any atom is 0.147 e. The molecule has 6 rings (SSSR count). The fraction of sp³-hybridized carbons (Fsp3) is 0.300. The minimum absolute atomic E-state index is 0.123. The summed E-state index contributed by atoms with van der Waals surface area (Å²) in [5, 5.41) is 17.1. The molecule has 1 aromatic heterocycles. The van der Waals surface area contributed by atoms with Crippen LogP contribution in [0, 0.1) is 0 Å². The largest absolute Gasteiger partial charge is 0.489 e. The standard InChI is InChI=1S/C30H26Cl3NO4S2/c1-40(36,39)21-5-2-4-18(12-21)19-14-30(35,15-19)23-11-10-20(13-26(23)33)37-16-22-28(34-38-29(22)17-8-9-17)27-24(31)6-3-7-25(27)32/h2-7,10-13,17,19,35H,8-9,14-16H2,1H3. The van der Waals surface area contributed by atoms with Crippen LogP contribution in [-0.4, -0.2) is 20.7 Å². The van der Waals surface area contributed by atoms with E-state index in [4.69, 9.17) is 55.3 Å². The molecule has 40 heavy (non-hydrogen) atoms. The van der Waals surface area contributed by atoms with Crippen LogP contribution >= 0.6 is 34.8 Å². The number of hydrogen-bond acceptors (Lipinski definition) is 6. The summed E-state index contributed by atoms with van der Waals surface area (Å²) in [7, 11) is -2.47. The molecule has 0 spiro atoms. The molecule has 0 bridgehead atoms. The van der Waals surface area contributed by atoms with Crippen LogP contribution in [0.5, 0.6) is 5.75 Å². The minimum atomic E-state index is -2.47. The quantitative estimate of drug-likeness (QED) is 0.210. The molecule has 4 aromatic rings. The lowest BCUT2D eigenvalue weighted by Crippen LogP contribution is -2.40. The first-order valence-corrected chi connectivity index (χ1v) is 16.9. The highest BCUT2D eigenvalue weighted by molar-refractivity contribution is 8.32. The lowest BCUT2D eigenvalue weighted by Gasteiger charge is -2.45. The molecule has 2 saturated carbocycles. The van der Waals surface area contributed by atoms with Gasteiger partial charge in [0.1, 0.15) is 23.8 Å². The Bertz CT molecular complexity index is 1690. The van der Waals surface area contributed by atoms with Gasteiger partial charge in [-0.15, -0.1) is 0 Å². The third-order valence-electron chi connectivity index (χ3n) is 7.72. The van der Waals surface area contributed by atoms with Crippen molar-refractivity contribution in [3.63, 3.8) is 0 Å². The molecule has 10 heteroatoms. The molecule has 208 valence electrons. The first kappa shape index (κ1) is 28.0. The van der Waals surface area contributed by atoms with Crippen molar-refractivity contribution in [1.29, 1.82) is 0 Å². The van der Waals surface area contributed by atoms with Crippen molar-refractivity contribution in [1.82, 2.24) is 5.16 Å². The molecule has 0 amide bonds. The number of benzene rings is 3. The van der Waals surface area contributed by atoms with Crippen LogP contribution in [0.15, 0.2) is 70.1 Å². The number of hydrogen-bond donors (Lipinski definition) is 1. The predicted octanol–water partition coefficient (Wildman–Crippen LogP) is 8.26. The van der Waals surface area contributed by atoms with E-state index < -0.39 is 14.1 Å². The van der Waals surface area contributed by atoms with Gasteiger partial charge in [0.2, 0.25) is 0 Å². The summed E-state index contributed by atoms with van der Waals surface area (Å²) in [5.41, 5.74) is 2.63. The van der Waals surface area contributed by atoms with Gasteiger partial charge in [-0.1, -0.05) is 64.2 Å². The monoisotopic (exact) mass is 633 g/mol. The van der Waals surface area contributed by atoms with Crippen molar-refractivity contribution in [2.24, 2.45) is 0 Å². The Morgan fingerprint density at radius 2 is 1.73 bits per heavy atom. The molecule has 0 radical (unpaired) electrons. The lowest BCUT2D eigenvalue weighted by atomic mass is 9.65. The van der Waals surface area contributed by atoms with Crippen molar-refractivity contribution >= 4 is 54.5 Å². The molecular formula is C30H26Cl3NO4S2. The van der Waals surface area contributed by atoms with E-state index in [0.717, 1.165) is 29.7 Å². The molecule has 0 aliphatic heterocycles. The number of nitrogens with zero attached hydrogens (tertiary/aromatic N) is 1. The Morgan fingerprint density at radius 1 is 1.02 bits per heavy atom. The Labute approximate surface area is 253 Å². The van der Waals surface area contributed by atoms with Gasteiger partial charge < -0.3 is 14.4 Å². The molecule has 1 atom stereocenters. The third-order valence-corrected chi connectivity index (χ3v) is 10.3. The van der Waals surface area contributed by atoms with E-state index in [1.807, 2.05) is 30.3 Å². The third kappa shape index (κ3) is 5.40. The van der Waals surface area contributed by atoms with Gasteiger partial charge in [-0.05, 0) is 84.8 Å². The molecule has 1 N–H and O–H groups in total. The van der Waals surface area contributed by atoms with Crippen LogP contribution in [0.2, 0.25) is 15.1 Å². The van der Waals surface area contributed by atoms with Crippen molar-refractivity contribution in [3.8, 4) is 17.0 Å². The van der Waals surface area contributed by atoms with Crippen molar-refractivity contribution in [2.45, 2.75) is 54.6 Å². The van der Waals surface area contributed by atoms with E-state index in [1.54, 1.807) is 36.6 Å². The predicted molar refractivity (Wildman–Crippen MR) is 162 cm³/mol. The number of rotatable bonds is 8. The Morgan fingerprint density at radius 3 is 2.38 bits per heavy atom. The van der Waals surface area contributed by atoms with Gasteiger partial charge in [0.05, 0.1) is 34.7 Å².